The molecule has 148 valence electrons. The number of aliphatic imine (C=N–C) groups is 1. The van der Waals surface area contributed by atoms with E-state index in [-0.39, 0.29) is 41.3 Å². The van der Waals surface area contributed by atoms with Crippen LogP contribution in [0.3, 0.4) is 0 Å². The van der Waals surface area contributed by atoms with E-state index >= 15 is 0 Å². The van der Waals surface area contributed by atoms with Crippen LogP contribution in [0.5, 0.6) is 0 Å². The van der Waals surface area contributed by atoms with Gasteiger partial charge in [0.2, 0.25) is 5.91 Å². The molecule has 0 saturated carbocycles. The molecule has 1 rings (SSSR count). The standard InChI is InChI=1S/C18H37N5O.HI/c1-6-19-17(21-11-10-20-16(24)15(2)3)22-14-18(4,5)23-12-8-7-9-13-23;/h15H,6-14H2,1-5H3,(H,20,24)(H2,19,21,22);1H. The fourth-order valence-electron chi connectivity index (χ4n) is 2.78. The zero-order valence-electron chi connectivity index (χ0n) is 16.7. The molecular weight excluding hydrogens is 429 g/mol. The summed E-state index contributed by atoms with van der Waals surface area (Å²) in [6, 6.07) is 0. The van der Waals surface area contributed by atoms with Gasteiger partial charge in [-0.2, -0.15) is 0 Å². The fraction of sp³-hybridized carbons (Fsp3) is 0.889. The van der Waals surface area contributed by atoms with Crippen LogP contribution in [0.4, 0.5) is 0 Å². The Morgan fingerprint density at radius 2 is 1.68 bits per heavy atom. The van der Waals surface area contributed by atoms with Gasteiger partial charge in [0.05, 0.1) is 6.54 Å². The van der Waals surface area contributed by atoms with Crippen molar-refractivity contribution in [1.82, 2.24) is 20.9 Å². The summed E-state index contributed by atoms with van der Waals surface area (Å²) in [5, 5.41) is 9.48. The highest BCUT2D eigenvalue weighted by atomic mass is 127. The summed E-state index contributed by atoms with van der Waals surface area (Å²) in [7, 11) is 0. The minimum Gasteiger partial charge on any atom is -0.357 e. The van der Waals surface area contributed by atoms with Gasteiger partial charge in [-0.05, 0) is 46.7 Å². The molecule has 0 spiro atoms. The molecule has 0 aliphatic carbocycles. The van der Waals surface area contributed by atoms with Crippen LogP contribution in [0.25, 0.3) is 0 Å². The Morgan fingerprint density at radius 1 is 1.08 bits per heavy atom. The minimum absolute atomic E-state index is 0. The normalized spacial score (nSPS) is 16.3. The van der Waals surface area contributed by atoms with Gasteiger partial charge < -0.3 is 16.0 Å². The summed E-state index contributed by atoms with van der Waals surface area (Å²) < 4.78 is 0. The number of piperidine rings is 1. The molecule has 1 aliphatic heterocycles. The Morgan fingerprint density at radius 3 is 2.24 bits per heavy atom. The van der Waals surface area contributed by atoms with Crippen LogP contribution in [-0.4, -0.2) is 61.6 Å². The maximum absolute atomic E-state index is 11.6. The highest BCUT2D eigenvalue weighted by Gasteiger charge is 2.27. The first-order valence-electron chi connectivity index (χ1n) is 9.41. The average Bonchev–Trinajstić information content (AvgIpc) is 2.56. The lowest BCUT2D eigenvalue weighted by Gasteiger charge is -2.40. The van der Waals surface area contributed by atoms with Crippen LogP contribution in [0.15, 0.2) is 4.99 Å². The number of nitrogens with one attached hydrogen (secondary N) is 3. The van der Waals surface area contributed by atoms with Crippen molar-refractivity contribution < 1.29 is 4.79 Å². The van der Waals surface area contributed by atoms with Crippen LogP contribution in [0.1, 0.15) is 53.9 Å². The van der Waals surface area contributed by atoms with Crippen molar-refractivity contribution in [3.8, 4) is 0 Å². The molecule has 0 bridgehead atoms. The molecule has 25 heavy (non-hydrogen) atoms. The summed E-state index contributed by atoms with van der Waals surface area (Å²) in [5.41, 5.74) is 0.0780. The van der Waals surface area contributed by atoms with Crippen LogP contribution in [-0.2, 0) is 4.79 Å². The summed E-state index contributed by atoms with van der Waals surface area (Å²) >= 11 is 0. The molecule has 0 aromatic rings. The Hall–Kier alpha value is -0.570. The van der Waals surface area contributed by atoms with E-state index in [4.69, 9.17) is 4.99 Å². The number of likely N-dealkylation sites (tertiary alicyclic amines) is 1. The van der Waals surface area contributed by atoms with Gasteiger partial charge in [-0.25, -0.2) is 0 Å². The van der Waals surface area contributed by atoms with Crippen molar-refractivity contribution in [2.45, 2.75) is 59.4 Å². The number of nitrogens with zero attached hydrogens (tertiary/aromatic N) is 2. The van der Waals surface area contributed by atoms with Crippen LogP contribution in [0, 0.1) is 5.92 Å². The van der Waals surface area contributed by atoms with Crippen molar-refractivity contribution in [3.05, 3.63) is 0 Å². The lowest BCUT2D eigenvalue weighted by atomic mass is 9.99. The second kappa shape index (κ2) is 12.7. The van der Waals surface area contributed by atoms with Crippen molar-refractivity contribution in [3.63, 3.8) is 0 Å². The quantitative estimate of drug-likeness (QED) is 0.222. The van der Waals surface area contributed by atoms with E-state index in [1.54, 1.807) is 0 Å². The second-order valence-electron chi connectivity index (χ2n) is 7.43. The van der Waals surface area contributed by atoms with E-state index in [0.717, 1.165) is 19.0 Å². The van der Waals surface area contributed by atoms with Gasteiger partial charge in [0.25, 0.3) is 0 Å². The molecule has 1 fully saturated rings. The summed E-state index contributed by atoms with van der Waals surface area (Å²) in [5.74, 6) is 0.934. The highest BCUT2D eigenvalue weighted by molar-refractivity contribution is 14.0. The van der Waals surface area contributed by atoms with Crippen molar-refractivity contribution >= 4 is 35.8 Å². The molecule has 1 heterocycles. The van der Waals surface area contributed by atoms with Gasteiger partial charge in [-0.3, -0.25) is 14.7 Å². The second-order valence-corrected chi connectivity index (χ2v) is 7.43. The monoisotopic (exact) mass is 467 g/mol. The summed E-state index contributed by atoms with van der Waals surface area (Å²) in [6.07, 6.45) is 3.93. The topological polar surface area (TPSA) is 68.8 Å². The molecule has 0 aromatic carbocycles. The van der Waals surface area contributed by atoms with Gasteiger partial charge in [0.1, 0.15) is 0 Å². The molecule has 3 N–H and O–H groups in total. The number of carbonyl (C=O) groups is 1. The van der Waals surface area contributed by atoms with Crippen LogP contribution >= 0.6 is 24.0 Å². The van der Waals surface area contributed by atoms with E-state index in [2.05, 4.69) is 41.6 Å². The van der Waals surface area contributed by atoms with Crippen LogP contribution in [0.2, 0.25) is 0 Å². The van der Waals surface area contributed by atoms with Crippen molar-refractivity contribution in [1.29, 1.82) is 0 Å². The highest BCUT2D eigenvalue weighted by Crippen LogP contribution is 2.20. The number of hydrogen-bond donors (Lipinski definition) is 3. The molecular formula is C18H38IN5O. The lowest BCUT2D eigenvalue weighted by Crippen LogP contribution is -2.50. The number of carbonyl (C=O) groups excluding carboxylic acids is 1. The maximum Gasteiger partial charge on any atom is 0.222 e. The van der Waals surface area contributed by atoms with Crippen molar-refractivity contribution in [2.75, 3.05) is 39.3 Å². The SMILES string of the molecule is CCNC(=NCC(C)(C)N1CCCCC1)NCCNC(=O)C(C)C.I. The zero-order valence-corrected chi connectivity index (χ0v) is 19.0. The molecule has 0 aromatic heterocycles. The predicted molar refractivity (Wildman–Crippen MR) is 117 cm³/mol. The summed E-state index contributed by atoms with van der Waals surface area (Å²) in [4.78, 5) is 18.9. The third-order valence-corrected chi connectivity index (χ3v) is 4.42. The first kappa shape index (κ1) is 24.4. The van der Waals surface area contributed by atoms with Gasteiger partial charge in [-0.1, -0.05) is 20.3 Å². The predicted octanol–water partition coefficient (Wildman–Crippen LogP) is 2.20. The van der Waals surface area contributed by atoms with E-state index in [1.807, 2.05) is 13.8 Å². The van der Waals surface area contributed by atoms with Gasteiger partial charge in [-0.15, -0.1) is 24.0 Å². The average molecular weight is 467 g/mol. The molecule has 0 unspecified atom stereocenters. The number of hydrogen-bond acceptors (Lipinski definition) is 3. The Bertz CT molecular complexity index is 406. The van der Waals surface area contributed by atoms with E-state index in [1.165, 1.54) is 32.4 Å². The molecule has 1 amide bonds. The Kier molecular flexibility index (Phi) is 12.4. The number of rotatable bonds is 8. The largest absolute Gasteiger partial charge is 0.357 e. The van der Waals surface area contributed by atoms with Gasteiger partial charge in [0.15, 0.2) is 5.96 Å². The number of halogens is 1. The Labute approximate surface area is 171 Å². The minimum atomic E-state index is 0. The zero-order chi connectivity index (χ0) is 18.0. The van der Waals surface area contributed by atoms with Gasteiger partial charge in [0, 0.05) is 31.1 Å². The third kappa shape index (κ3) is 9.63. The maximum atomic E-state index is 11.6. The molecule has 1 saturated heterocycles. The lowest BCUT2D eigenvalue weighted by molar-refractivity contribution is -0.123. The first-order chi connectivity index (χ1) is 11.4. The summed E-state index contributed by atoms with van der Waals surface area (Å²) in [6.45, 7) is 15.6. The fourth-order valence-corrected chi connectivity index (χ4v) is 2.78. The van der Waals surface area contributed by atoms with Crippen molar-refractivity contribution in [2.24, 2.45) is 10.9 Å². The molecule has 1 aliphatic rings. The molecule has 7 heteroatoms. The molecule has 6 nitrogen and oxygen atoms in total. The number of amides is 1. The molecule has 0 radical (unpaired) electrons. The van der Waals surface area contributed by atoms with Gasteiger partial charge >= 0.3 is 0 Å². The van der Waals surface area contributed by atoms with Crippen LogP contribution < -0.4 is 16.0 Å². The van der Waals surface area contributed by atoms with E-state index in [0.29, 0.717) is 13.1 Å². The number of guanidine groups is 1. The third-order valence-electron chi connectivity index (χ3n) is 4.42. The first-order valence-corrected chi connectivity index (χ1v) is 9.41. The smallest absolute Gasteiger partial charge is 0.222 e. The van der Waals surface area contributed by atoms with E-state index < -0.39 is 0 Å². The van der Waals surface area contributed by atoms with E-state index in [9.17, 15) is 4.79 Å². The Balaban J connectivity index is 0.00000576. The molecule has 0 atom stereocenters.